The van der Waals surface area contributed by atoms with E-state index in [0.29, 0.717) is 16.9 Å². The Morgan fingerprint density at radius 2 is 1.83 bits per heavy atom. The summed E-state index contributed by atoms with van der Waals surface area (Å²) in [6.07, 6.45) is 0.661. The van der Waals surface area contributed by atoms with Gasteiger partial charge in [0.15, 0.2) is 0 Å². The third-order valence-corrected chi connectivity index (χ3v) is 6.98. The largest absolute Gasteiger partial charge is 0.489 e. The Morgan fingerprint density at radius 1 is 1.11 bits per heavy atom. The quantitative estimate of drug-likeness (QED) is 0.321. The Hall–Kier alpha value is -3.68. The second-order valence-corrected chi connectivity index (χ2v) is 10.0. The highest BCUT2D eigenvalue weighted by Gasteiger charge is 2.26. The fourth-order valence-corrected chi connectivity index (χ4v) is 4.86. The van der Waals surface area contributed by atoms with E-state index in [1.807, 2.05) is 4.72 Å². The van der Waals surface area contributed by atoms with Crippen molar-refractivity contribution < 1.29 is 42.5 Å². The second kappa shape index (κ2) is 11.2. The number of thioether (sulfide) groups is 1. The van der Waals surface area contributed by atoms with Crippen LogP contribution in [0.25, 0.3) is 6.08 Å². The van der Waals surface area contributed by atoms with Crippen molar-refractivity contribution in [3.63, 3.8) is 0 Å². The van der Waals surface area contributed by atoms with E-state index in [9.17, 15) is 27.6 Å². The lowest BCUT2D eigenvalue weighted by Crippen LogP contribution is -2.41. The van der Waals surface area contributed by atoms with Gasteiger partial charge in [-0.25, -0.2) is 8.42 Å². The van der Waals surface area contributed by atoms with Crippen molar-refractivity contribution in [2.45, 2.75) is 30.4 Å². The first kappa shape index (κ1) is 25.9. The van der Waals surface area contributed by atoms with Gasteiger partial charge < -0.3 is 14.9 Å². The highest BCUT2D eigenvalue weighted by molar-refractivity contribution is 8.18. The van der Waals surface area contributed by atoms with Gasteiger partial charge in [0.1, 0.15) is 18.4 Å². The van der Waals surface area contributed by atoms with Crippen LogP contribution in [0, 0.1) is 0 Å². The summed E-state index contributed by atoms with van der Waals surface area (Å²) in [6, 6.07) is 10.8. The van der Waals surface area contributed by atoms with E-state index in [1.165, 1.54) is 24.3 Å². The molecule has 0 radical (unpaired) electrons. The highest BCUT2D eigenvalue weighted by atomic mass is 32.2. The van der Waals surface area contributed by atoms with Crippen molar-refractivity contribution in [3.8, 4) is 5.75 Å². The normalized spacial score (nSPS) is 15.6. The number of rotatable bonds is 11. The van der Waals surface area contributed by atoms with Gasteiger partial charge >= 0.3 is 11.9 Å². The number of carbonyl (C=O) groups is 4. The maximum absolute atomic E-state index is 12.5. The molecule has 0 saturated carbocycles. The van der Waals surface area contributed by atoms with Crippen molar-refractivity contribution in [2.24, 2.45) is 0 Å². The topological polar surface area (TPSA) is 176 Å². The molecule has 0 bridgehead atoms. The zero-order valence-corrected chi connectivity index (χ0v) is 19.6. The molecule has 2 aromatic carbocycles. The maximum atomic E-state index is 12.5. The van der Waals surface area contributed by atoms with Crippen molar-refractivity contribution >= 4 is 50.9 Å². The summed E-state index contributed by atoms with van der Waals surface area (Å²) in [4.78, 5) is 45.0. The summed E-state index contributed by atoms with van der Waals surface area (Å²) >= 11 is 0.805. The summed E-state index contributed by atoms with van der Waals surface area (Å²) in [7, 11) is -4.19. The molecule has 13 heteroatoms. The van der Waals surface area contributed by atoms with E-state index in [-0.39, 0.29) is 16.4 Å². The minimum atomic E-state index is -4.19. The first-order chi connectivity index (χ1) is 16.5. The fourth-order valence-electron chi connectivity index (χ4n) is 2.95. The average Bonchev–Trinajstić information content (AvgIpc) is 3.11. The van der Waals surface area contributed by atoms with E-state index in [1.54, 1.807) is 30.3 Å². The molecule has 11 nitrogen and oxygen atoms in total. The fraction of sp³-hybridized carbons (Fsp3) is 0.182. The molecular weight excluding hydrogens is 500 g/mol. The molecule has 1 saturated heterocycles. The molecule has 0 spiro atoms. The van der Waals surface area contributed by atoms with Gasteiger partial charge in [-0.05, 0) is 59.7 Å². The Bertz CT molecular complexity index is 1290. The Morgan fingerprint density at radius 3 is 2.43 bits per heavy atom. The minimum Gasteiger partial charge on any atom is -0.489 e. The van der Waals surface area contributed by atoms with Crippen LogP contribution in [0.3, 0.4) is 0 Å². The molecule has 184 valence electrons. The number of imide groups is 1. The lowest BCUT2D eigenvalue weighted by atomic mass is 10.2. The van der Waals surface area contributed by atoms with E-state index < -0.39 is 52.0 Å². The van der Waals surface area contributed by atoms with Crippen LogP contribution >= 0.6 is 11.8 Å². The summed E-state index contributed by atoms with van der Waals surface area (Å²) in [5.74, 6) is -2.70. The Kier molecular flexibility index (Phi) is 8.27. The van der Waals surface area contributed by atoms with E-state index in [4.69, 9.17) is 14.9 Å². The minimum absolute atomic E-state index is 0.0951. The molecule has 1 heterocycles. The molecule has 0 aliphatic carbocycles. The first-order valence-corrected chi connectivity index (χ1v) is 12.4. The first-order valence-electron chi connectivity index (χ1n) is 10.1. The standard InChI is InChI=1S/C22H20N2O9S2/c25-19(26)9-8-17(21(28)29)24-35(31,32)16-6-4-13(5-7-16)12-33-15-3-1-2-14(10-15)11-18-20(27)23-22(30)34-18/h1-7,10-11,17,24H,8-9,12H2,(H,25,26)(H,28,29)(H,23,27,30)/b18-11-/t17-/m1/s1. The molecule has 2 amide bonds. The molecule has 1 atom stereocenters. The van der Waals surface area contributed by atoms with Crippen molar-refractivity contribution in [1.29, 1.82) is 0 Å². The van der Waals surface area contributed by atoms with Crippen LogP contribution in [0.4, 0.5) is 4.79 Å². The van der Waals surface area contributed by atoms with Gasteiger partial charge in [-0.1, -0.05) is 24.3 Å². The van der Waals surface area contributed by atoms with Gasteiger partial charge in [0.25, 0.3) is 11.1 Å². The number of ether oxygens (including phenoxy) is 1. The van der Waals surface area contributed by atoms with Crippen LogP contribution in [0.5, 0.6) is 5.75 Å². The SMILES string of the molecule is O=C(O)CC[C@@H](NS(=O)(=O)c1ccc(COc2cccc(/C=C3\SC(=O)NC3=O)c2)cc1)C(=O)O. The van der Waals surface area contributed by atoms with Gasteiger partial charge in [0, 0.05) is 6.42 Å². The predicted molar refractivity (Wildman–Crippen MR) is 125 cm³/mol. The van der Waals surface area contributed by atoms with Crippen LogP contribution in [0.1, 0.15) is 24.0 Å². The number of sulfonamides is 1. The van der Waals surface area contributed by atoms with Gasteiger partial charge in [0.05, 0.1) is 9.80 Å². The molecule has 3 rings (SSSR count). The van der Waals surface area contributed by atoms with Crippen LogP contribution < -0.4 is 14.8 Å². The number of carboxylic acids is 2. The number of hydrogen-bond acceptors (Lipinski definition) is 8. The Balaban J connectivity index is 1.63. The van der Waals surface area contributed by atoms with Gasteiger partial charge in [-0.2, -0.15) is 4.72 Å². The van der Waals surface area contributed by atoms with Crippen molar-refractivity contribution in [2.75, 3.05) is 0 Å². The number of benzene rings is 2. The highest BCUT2D eigenvalue weighted by Crippen LogP contribution is 2.26. The van der Waals surface area contributed by atoms with Crippen LogP contribution in [0.2, 0.25) is 0 Å². The van der Waals surface area contributed by atoms with Crippen molar-refractivity contribution in [3.05, 3.63) is 64.6 Å². The molecule has 1 aliphatic heterocycles. The molecule has 0 aromatic heterocycles. The zero-order valence-electron chi connectivity index (χ0n) is 18.0. The van der Waals surface area contributed by atoms with Crippen LogP contribution in [-0.2, 0) is 31.0 Å². The molecule has 35 heavy (non-hydrogen) atoms. The third kappa shape index (κ3) is 7.40. The number of nitrogens with one attached hydrogen (secondary N) is 2. The molecule has 1 aliphatic rings. The van der Waals surface area contributed by atoms with Crippen LogP contribution in [-0.4, -0.2) is 47.8 Å². The lowest BCUT2D eigenvalue weighted by Gasteiger charge is -2.14. The molecule has 1 fully saturated rings. The summed E-state index contributed by atoms with van der Waals surface area (Å²) in [5, 5.41) is 19.6. The summed E-state index contributed by atoms with van der Waals surface area (Å²) in [6.45, 7) is 0.0951. The predicted octanol–water partition coefficient (Wildman–Crippen LogP) is 2.19. The van der Waals surface area contributed by atoms with Crippen molar-refractivity contribution in [1.82, 2.24) is 10.0 Å². The smallest absolute Gasteiger partial charge is 0.321 e. The zero-order chi connectivity index (χ0) is 25.6. The molecule has 2 aromatic rings. The van der Waals surface area contributed by atoms with Gasteiger partial charge in [-0.3, -0.25) is 24.5 Å². The number of carbonyl (C=O) groups excluding carboxylic acids is 2. The van der Waals surface area contributed by atoms with E-state index in [2.05, 4.69) is 5.32 Å². The third-order valence-electron chi connectivity index (χ3n) is 4.68. The number of carboxylic acid groups (broad SMARTS) is 2. The van der Waals surface area contributed by atoms with E-state index >= 15 is 0 Å². The number of hydrogen-bond donors (Lipinski definition) is 4. The number of aliphatic carboxylic acids is 2. The Labute approximate surface area is 204 Å². The van der Waals surface area contributed by atoms with Gasteiger partial charge in [-0.15, -0.1) is 0 Å². The monoisotopic (exact) mass is 520 g/mol. The van der Waals surface area contributed by atoms with Gasteiger partial charge in [0.2, 0.25) is 10.0 Å². The average molecular weight is 521 g/mol. The van der Waals surface area contributed by atoms with Crippen LogP contribution in [0.15, 0.2) is 58.3 Å². The molecule has 0 unspecified atom stereocenters. The molecular formula is C22H20N2O9S2. The maximum Gasteiger partial charge on any atom is 0.321 e. The second-order valence-electron chi connectivity index (χ2n) is 7.30. The van der Waals surface area contributed by atoms with E-state index in [0.717, 1.165) is 11.8 Å². The number of amides is 2. The molecule has 4 N–H and O–H groups in total. The summed E-state index contributed by atoms with van der Waals surface area (Å²) < 4.78 is 32.7. The lowest BCUT2D eigenvalue weighted by molar-refractivity contribution is -0.140. The summed E-state index contributed by atoms with van der Waals surface area (Å²) in [5.41, 5.74) is 1.28.